The quantitative estimate of drug-likeness (QED) is 0.402. The van der Waals surface area contributed by atoms with Crippen LogP contribution in [0.5, 0.6) is 0 Å². The zero-order chi connectivity index (χ0) is 21.6. The summed E-state index contributed by atoms with van der Waals surface area (Å²) in [6.07, 6.45) is 3.40. The van der Waals surface area contributed by atoms with Crippen molar-refractivity contribution in [2.75, 3.05) is 11.1 Å². The second-order valence-corrected chi connectivity index (χ2v) is 7.93. The van der Waals surface area contributed by atoms with Crippen molar-refractivity contribution >= 4 is 35.0 Å². The highest BCUT2D eigenvalue weighted by Gasteiger charge is 2.16. The van der Waals surface area contributed by atoms with Gasteiger partial charge in [0.25, 0.3) is 0 Å². The molecule has 0 aliphatic carbocycles. The molecule has 0 atom stereocenters. The Morgan fingerprint density at radius 3 is 2.58 bits per heavy atom. The van der Waals surface area contributed by atoms with E-state index in [-0.39, 0.29) is 16.7 Å². The monoisotopic (exact) mass is 453 g/mol. The van der Waals surface area contributed by atoms with Gasteiger partial charge in [0.1, 0.15) is 5.82 Å². The minimum Gasteiger partial charge on any atom is -0.325 e. The molecule has 9 heteroatoms. The minimum absolute atomic E-state index is 0.0463. The van der Waals surface area contributed by atoms with Crippen LogP contribution in [0.3, 0.4) is 0 Å². The van der Waals surface area contributed by atoms with Gasteiger partial charge in [0.2, 0.25) is 5.91 Å². The summed E-state index contributed by atoms with van der Waals surface area (Å²) >= 11 is 7.04. The summed E-state index contributed by atoms with van der Waals surface area (Å²) in [4.78, 5) is 16.4. The van der Waals surface area contributed by atoms with E-state index in [1.807, 2.05) is 47.0 Å². The predicted molar refractivity (Wildman–Crippen MR) is 120 cm³/mol. The smallest absolute Gasteiger partial charge is 0.234 e. The molecule has 0 fully saturated rings. The van der Waals surface area contributed by atoms with Crippen molar-refractivity contribution in [1.29, 1.82) is 0 Å². The van der Waals surface area contributed by atoms with Crippen LogP contribution in [0, 0.1) is 5.82 Å². The van der Waals surface area contributed by atoms with E-state index in [9.17, 15) is 9.18 Å². The maximum Gasteiger partial charge on any atom is 0.234 e. The standard InChI is InChI=1S/C22H17ClFN5OS/c23-18-12-17(6-7-19(18)24)26-20(30)14-31-22-28-27-21(16-8-10-25-11-9-16)29(22)13-15-4-2-1-3-5-15/h1-12H,13-14H2,(H,26,30). The topological polar surface area (TPSA) is 72.7 Å². The average Bonchev–Trinajstić information content (AvgIpc) is 3.18. The third-order valence-corrected chi connectivity index (χ3v) is 5.63. The molecule has 0 aliphatic rings. The maximum atomic E-state index is 13.3. The van der Waals surface area contributed by atoms with Crippen LogP contribution < -0.4 is 5.32 Å². The van der Waals surface area contributed by atoms with E-state index < -0.39 is 5.82 Å². The summed E-state index contributed by atoms with van der Waals surface area (Å²) < 4.78 is 15.3. The molecule has 0 unspecified atom stereocenters. The maximum absolute atomic E-state index is 13.3. The SMILES string of the molecule is O=C(CSc1nnc(-c2ccncc2)n1Cc1ccccc1)Nc1ccc(F)c(Cl)c1. The normalized spacial score (nSPS) is 10.8. The summed E-state index contributed by atoms with van der Waals surface area (Å²) in [5.74, 6) is 0.0108. The molecule has 0 aliphatic heterocycles. The summed E-state index contributed by atoms with van der Waals surface area (Å²) in [7, 11) is 0. The predicted octanol–water partition coefficient (Wildman–Crippen LogP) is 4.91. The lowest BCUT2D eigenvalue weighted by molar-refractivity contribution is -0.113. The number of rotatable bonds is 7. The van der Waals surface area contributed by atoms with Crippen molar-refractivity contribution in [3.8, 4) is 11.4 Å². The highest BCUT2D eigenvalue weighted by atomic mass is 35.5. The molecule has 6 nitrogen and oxygen atoms in total. The molecule has 31 heavy (non-hydrogen) atoms. The van der Waals surface area contributed by atoms with Crippen molar-refractivity contribution in [2.24, 2.45) is 0 Å². The van der Waals surface area contributed by atoms with E-state index in [4.69, 9.17) is 11.6 Å². The number of nitrogens with one attached hydrogen (secondary N) is 1. The number of anilines is 1. The number of carbonyl (C=O) groups excluding carboxylic acids is 1. The van der Waals surface area contributed by atoms with Gasteiger partial charge in [-0.25, -0.2) is 4.39 Å². The third-order valence-electron chi connectivity index (χ3n) is 4.37. The molecule has 1 amide bonds. The molecule has 0 saturated carbocycles. The molecule has 1 N–H and O–H groups in total. The highest BCUT2D eigenvalue weighted by molar-refractivity contribution is 7.99. The first-order valence-electron chi connectivity index (χ1n) is 9.35. The summed E-state index contributed by atoms with van der Waals surface area (Å²) in [6, 6.07) is 17.7. The number of benzene rings is 2. The number of amides is 1. The van der Waals surface area contributed by atoms with Crippen LogP contribution in [-0.2, 0) is 11.3 Å². The van der Waals surface area contributed by atoms with Gasteiger partial charge in [-0.15, -0.1) is 10.2 Å². The van der Waals surface area contributed by atoms with Gasteiger partial charge in [0.15, 0.2) is 11.0 Å². The molecule has 0 saturated heterocycles. The lowest BCUT2D eigenvalue weighted by Crippen LogP contribution is -2.15. The number of carbonyl (C=O) groups is 1. The van der Waals surface area contributed by atoms with Gasteiger partial charge in [0, 0.05) is 23.6 Å². The van der Waals surface area contributed by atoms with Gasteiger partial charge in [0.05, 0.1) is 17.3 Å². The first-order chi connectivity index (χ1) is 15.1. The van der Waals surface area contributed by atoms with Crippen LogP contribution in [0.15, 0.2) is 78.2 Å². The third kappa shape index (κ3) is 5.28. The van der Waals surface area contributed by atoms with Crippen LogP contribution in [0.1, 0.15) is 5.56 Å². The lowest BCUT2D eigenvalue weighted by atomic mass is 10.2. The second-order valence-electron chi connectivity index (χ2n) is 6.58. The fourth-order valence-electron chi connectivity index (χ4n) is 2.92. The van der Waals surface area contributed by atoms with E-state index in [0.717, 1.165) is 11.1 Å². The highest BCUT2D eigenvalue weighted by Crippen LogP contribution is 2.25. The van der Waals surface area contributed by atoms with Crippen molar-refractivity contribution < 1.29 is 9.18 Å². The number of hydrogen-bond acceptors (Lipinski definition) is 5. The van der Waals surface area contributed by atoms with Crippen molar-refractivity contribution in [1.82, 2.24) is 19.7 Å². The molecule has 0 bridgehead atoms. The number of pyridine rings is 1. The Hall–Kier alpha value is -3.23. The number of halogens is 2. The van der Waals surface area contributed by atoms with Crippen LogP contribution in [-0.4, -0.2) is 31.4 Å². The van der Waals surface area contributed by atoms with Gasteiger partial charge >= 0.3 is 0 Å². The fraction of sp³-hybridized carbons (Fsp3) is 0.0909. The Morgan fingerprint density at radius 2 is 1.84 bits per heavy atom. The van der Waals surface area contributed by atoms with Crippen molar-refractivity contribution in [3.63, 3.8) is 0 Å². The number of thioether (sulfide) groups is 1. The van der Waals surface area contributed by atoms with Gasteiger partial charge in [-0.05, 0) is 35.9 Å². The molecule has 2 heterocycles. The Balaban J connectivity index is 1.52. The zero-order valence-electron chi connectivity index (χ0n) is 16.2. The second kappa shape index (κ2) is 9.72. The van der Waals surface area contributed by atoms with Crippen LogP contribution in [0.25, 0.3) is 11.4 Å². The van der Waals surface area contributed by atoms with Crippen LogP contribution in [0.2, 0.25) is 5.02 Å². The molecule has 2 aromatic heterocycles. The minimum atomic E-state index is -0.535. The number of nitrogens with zero attached hydrogens (tertiary/aromatic N) is 4. The van der Waals surface area contributed by atoms with Gasteiger partial charge < -0.3 is 5.32 Å². The lowest BCUT2D eigenvalue weighted by Gasteiger charge is -2.11. The van der Waals surface area contributed by atoms with Gasteiger partial charge in [-0.3, -0.25) is 14.3 Å². The first-order valence-corrected chi connectivity index (χ1v) is 10.7. The van der Waals surface area contributed by atoms with E-state index in [1.54, 1.807) is 12.4 Å². The van der Waals surface area contributed by atoms with Crippen molar-refractivity contribution in [3.05, 3.63) is 89.5 Å². The van der Waals surface area contributed by atoms with E-state index in [2.05, 4.69) is 20.5 Å². The molecular formula is C22H17ClFN5OS. The molecule has 4 rings (SSSR count). The molecule has 0 spiro atoms. The average molecular weight is 454 g/mol. The van der Waals surface area contributed by atoms with Crippen LogP contribution in [0.4, 0.5) is 10.1 Å². The Labute approximate surface area is 187 Å². The number of hydrogen-bond donors (Lipinski definition) is 1. The first kappa shape index (κ1) is 21.0. The number of aromatic nitrogens is 4. The van der Waals surface area contributed by atoms with Crippen molar-refractivity contribution in [2.45, 2.75) is 11.7 Å². The molecular weight excluding hydrogens is 437 g/mol. The summed E-state index contributed by atoms with van der Waals surface area (Å²) in [5, 5.41) is 11.9. The molecule has 156 valence electrons. The van der Waals surface area contributed by atoms with E-state index >= 15 is 0 Å². The Kier molecular flexibility index (Phi) is 6.59. The van der Waals surface area contributed by atoms with Gasteiger partial charge in [-0.2, -0.15) is 0 Å². The molecule has 0 radical (unpaired) electrons. The largest absolute Gasteiger partial charge is 0.325 e. The summed E-state index contributed by atoms with van der Waals surface area (Å²) in [6.45, 7) is 0.559. The van der Waals surface area contributed by atoms with E-state index in [1.165, 1.54) is 30.0 Å². The van der Waals surface area contributed by atoms with Crippen LogP contribution >= 0.6 is 23.4 Å². The van der Waals surface area contributed by atoms with E-state index in [0.29, 0.717) is 23.2 Å². The Bertz CT molecular complexity index is 1190. The summed E-state index contributed by atoms with van der Waals surface area (Å²) in [5.41, 5.74) is 2.40. The fourth-order valence-corrected chi connectivity index (χ4v) is 3.84. The van der Waals surface area contributed by atoms with Gasteiger partial charge in [-0.1, -0.05) is 53.7 Å². The zero-order valence-corrected chi connectivity index (χ0v) is 17.8. The molecule has 2 aromatic carbocycles. The Morgan fingerprint density at radius 1 is 1.06 bits per heavy atom. The molecule has 4 aromatic rings.